The summed E-state index contributed by atoms with van der Waals surface area (Å²) in [6.45, 7) is -0.459. The molecule has 0 aliphatic rings. The van der Waals surface area contributed by atoms with E-state index < -0.39 is 18.5 Å². The number of benzene rings is 1. The van der Waals surface area contributed by atoms with Crippen LogP contribution in [0.25, 0.3) is 0 Å². The fourth-order valence-corrected chi connectivity index (χ4v) is 1.53. The number of carbonyl (C=O) groups is 2. The van der Waals surface area contributed by atoms with Gasteiger partial charge in [-0.05, 0) is 24.3 Å². The van der Waals surface area contributed by atoms with Crippen molar-refractivity contribution in [2.45, 2.75) is 0 Å². The maximum atomic E-state index is 11.7. The zero-order valence-corrected chi connectivity index (χ0v) is 11.5. The van der Waals surface area contributed by atoms with Gasteiger partial charge in [0.05, 0.1) is 16.3 Å². The summed E-state index contributed by atoms with van der Waals surface area (Å²) in [5.41, 5.74) is 6.05. The number of halogens is 1. The van der Waals surface area contributed by atoms with Gasteiger partial charge in [0.15, 0.2) is 6.61 Å². The lowest BCUT2D eigenvalue weighted by Gasteiger charge is -2.06. The third-order valence-electron chi connectivity index (χ3n) is 2.38. The molecule has 1 aromatic carbocycles. The summed E-state index contributed by atoms with van der Waals surface area (Å²) in [4.78, 5) is 30.9. The highest BCUT2D eigenvalue weighted by Gasteiger charge is 2.12. The number of nitrogens with zero attached hydrogens (tertiary/aromatic N) is 2. The number of esters is 1. The molecule has 2 rings (SSSR count). The first-order valence-electron chi connectivity index (χ1n) is 5.85. The molecule has 0 aliphatic heterocycles. The van der Waals surface area contributed by atoms with Crippen LogP contribution in [0.4, 0.5) is 11.6 Å². The van der Waals surface area contributed by atoms with Crippen molar-refractivity contribution in [2.75, 3.05) is 17.7 Å². The van der Waals surface area contributed by atoms with Crippen LogP contribution in [0, 0.1) is 0 Å². The van der Waals surface area contributed by atoms with E-state index in [9.17, 15) is 9.59 Å². The normalized spacial score (nSPS) is 9.95. The van der Waals surface area contributed by atoms with Gasteiger partial charge in [0, 0.05) is 12.4 Å². The summed E-state index contributed by atoms with van der Waals surface area (Å²) in [6.07, 6.45) is 2.95. The van der Waals surface area contributed by atoms with E-state index in [4.69, 9.17) is 22.1 Å². The molecule has 0 spiro atoms. The van der Waals surface area contributed by atoms with Crippen LogP contribution in [0.3, 0.4) is 0 Å². The Morgan fingerprint density at radius 1 is 1.29 bits per heavy atom. The van der Waals surface area contributed by atoms with Crippen molar-refractivity contribution in [3.05, 3.63) is 47.2 Å². The molecule has 0 unspecified atom stereocenters. The predicted octanol–water partition coefficient (Wildman–Crippen LogP) is 1.51. The van der Waals surface area contributed by atoms with E-state index >= 15 is 0 Å². The second-order valence-electron chi connectivity index (χ2n) is 3.93. The van der Waals surface area contributed by atoms with Crippen LogP contribution in [-0.2, 0) is 9.53 Å². The number of aromatic nitrogens is 2. The van der Waals surface area contributed by atoms with Gasteiger partial charge in [0.2, 0.25) is 5.95 Å². The third kappa shape index (κ3) is 4.15. The van der Waals surface area contributed by atoms with Crippen molar-refractivity contribution in [3.63, 3.8) is 0 Å². The molecule has 0 atom stereocenters. The molecule has 0 bridgehead atoms. The van der Waals surface area contributed by atoms with Gasteiger partial charge in [-0.15, -0.1) is 0 Å². The third-order valence-corrected chi connectivity index (χ3v) is 2.73. The van der Waals surface area contributed by atoms with Crippen LogP contribution in [0.1, 0.15) is 10.4 Å². The SMILES string of the molecule is Nc1cc(C(=O)OCC(=O)Nc2ncccn2)ccc1Cl. The van der Waals surface area contributed by atoms with Crippen LogP contribution in [0.2, 0.25) is 5.02 Å². The van der Waals surface area contributed by atoms with E-state index in [2.05, 4.69) is 15.3 Å². The highest BCUT2D eigenvalue weighted by Crippen LogP contribution is 2.19. The Morgan fingerprint density at radius 2 is 2.00 bits per heavy atom. The first kappa shape index (κ1) is 14.7. The van der Waals surface area contributed by atoms with Gasteiger partial charge in [0.1, 0.15) is 0 Å². The van der Waals surface area contributed by atoms with Gasteiger partial charge >= 0.3 is 5.97 Å². The summed E-state index contributed by atoms with van der Waals surface area (Å²) in [5, 5.41) is 2.72. The van der Waals surface area contributed by atoms with Crippen LogP contribution in [0.15, 0.2) is 36.7 Å². The summed E-state index contributed by atoms with van der Waals surface area (Å²) in [7, 11) is 0. The number of hydrogen-bond donors (Lipinski definition) is 2. The van der Waals surface area contributed by atoms with Crippen molar-refractivity contribution in [1.82, 2.24) is 9.97 Å². The lowest BCUT2D eigenvalue weighted by atomic mass is 10.2. The lowest BCUT2D eigenvalue weighted by Crippen LogP contribution is -2.22. The van der Waals surface area contributed by atoms with Crippen LogP contribution in [0.5, 0.6) is 0 Å². The number of nitrogens with one attached hydrogen (secondary N) is 1. The molecule has 0 radical (unpaired) electrons. The molecule has 8 heteroatoms. The van der Waals surface area contributed by atoms with Crippen LogP contribution >= 0.6 is 11.6 Å². The Bertz CT molecular complexity index is 664. The maximum Gasteiger partial charge on any atom is 0.338 e. The Kier molecular flexibility index (Phi) is 4.68. The van der Waals surface area contributed by atoms with Gasteiger partial charge in [0.25, 0.3) is 5.91 Å². The number of nitrogens with two attached hydrogens (primary N) is 1. The fraction of sp³-hybridized carbons (Fsp3) is 0.0769. The van der Waals surface area contributed by atoms with E-state index in [-0.39, 0.29) is 17.2 Å². The van der Waals surface area contributed by atoms with Crippen molar-refractivity contribution in [1.29, 1.82) is 0 Å². The second-order valence-corrected chi connectivity index (χ2v) is 4.34. The van der Waals surface area contributed by atoms with E-state index in [0.29, 0.717) is 5.02 Å². The number of rotatable bonds is 4. The monoisotopic (exact) mass is 306 g/mol. The number of carbonyl (C=O) groups excluding carboxylic acids is 2. The number of hydrogen-bond acceptors (Lipinski definition) is 6. The number of nitrogen functional groups attached to an aromatic ring is 1. The number of amides is 1. The average Bonchev–Trinajstić information content (AvgIpc) is 2.48. The molecule has 0 saturated heterocycles. The quantitative estimate of drug-likeness (QED) is 0.655. The smallest absolute Gasteiger partial charge is 0.338 e. The average molecular weight is 307 g/mol. The Balaban J connectivity index is 1.89. The molecule has 2 aromatic rings. The summed E-state index contributed by atoms with van der Waals surface area (Å²) >= 11 is 5.75. The molecule has 0 aliphatic carbocycles. The van der Waals surface area contributed by atoms with Gasteiger partial charge in [-0.3, -0.25) is 10.1 Å². The molecule has 0 fully saturated rings. The molecule has 1 aromatic heterocycles. The minimum Gasteiger partial charge on any atom is -0.452 e. The second kappa shape index (κ2) is 6.67. The zero-order chi connectivity index (χ0) is 15.2. The van der Waals surface area contributed by atoms with Gasteiger partial charge in [-0.2, -0.15) is 0 Å². The van der Waals surface area contributed by atoms with E-state index in [1.807, 2.05) is 0 Å². The first-order valence-corrected chi connectivity index (χ1v) is 6.23. The molecule has 108 valence electrons. The first-order chi connectivity index (χ1) is 10.1. The highest BCUT2D eigenvalue weighted by atomic mass is 35.5. The van der Waals surface area contributed by atoms with Crippen LogP contribution < -0.4 is 11.1 Å². The Labute approximate surface area is 125 Å². The number of ether oxygens (including phenoxy) is 1. The summed E-state index contributed by atoms with van der Waals surface area (Å²) in [5.74, 6) is -1.09. The molecule has 1 heterocycles. The molecule has 7 nitrogen and oxygen atoms in total. The largest absolute Gasteiger partial charge is 0.452 e. The van der Waals surface area contributed by atoms with E-state index in [1.54, 1.807) is 6.07 Å². The lowest BCUT2D eigenvalue weighted by molar-refractivity contribution is -0.119. The van der Waals surface area contributed by atoms with Crippen LogP contribution in [-0.4, -0.2) is 28.5 Å². The summed E-state index contributed by atoms with van der Waals surface area (Å²) in [6, 6.07) is 5.92. The molecule has 21 heavy (non-hydrogen) atoms. The fourth-order valence-electron chi connectivity index (χ4n) is 1.41. The zero-order valence-electron chi connectivity index (χ0n) is 10.7. The Morgan fingerprint density at radius 3 is 2.67 bits per heavy atom. The molecular formula is C13H11ClN4O3. The predicted molar refractivity (Wildman–Crippen MR) is 76.8 cm³/mol. The van der Waals surface area contributed by atoms with Gasteiger partial charge in [-0.1, -0.05) is 11.6 Å². The van der Waals surface area contributed by atoms with E-state index in [0.717, 1.165) is 0 Å². The van der Waals surface area contributed by atoms with Crippen molar-refractivity contribution in [3.8, 4) is 0 Å². The molecular weight excluding hydrogens is 296 g/mol. The minimum atomic E-state index is -0.678. The maximum absolute atomic E-state index is 11.7. The number of anilines is 2. The molecule has 1 amide bonds. The van der Waals surface area contributed by atoms with E-state index in [1.165, 1.54) is 30.6 Å². The highest BCUT2D eigenvalue weighted by molar-refractivity contribution is 6.33. The van der Waals surface area contributed by atoms with Gasteiger partial charge < -0.3 is 10.5 Å². The van der Waals surface area contributed by atoms with Gasteiger partial charge in [-0.25, -0.2) is 14.8 Å². The summed E-state index contributed by atoms with van der Waals surface area (Å²) < 4.78 is 4.85. The Hall–Kier alpha value is -2.67. The van der Waals surface area contributed by atoms with Crippen molar-refractivity contribution < 1.29 is 14.3 Å². The minimum absolute atomic E-state index is 0.134. The van der Waals surface area contributed by atoms with Crippen molar-refractivity contribution in [2.24, 2.45) is 0 Å². The topological polar surface area (TPSA) is 107 Å². The van der Waals surface area contributed by atoms with Crippen molar-refractivity contribution >= 4 is 35.1 Å². The molecule has 0 saturated carbocycles. The standard InChI is InChI=1S/C13H11ClN4O3/c14-9-3-2-8(6-10(9)15)12(20)21-7-11(19)18-13-16-4-1-5-17-13/h1-6H,7,15H2,(H,16,17,18,19). The molecule has 3 N–H and O–H groups in total.